The Balaban J connectivity index is 1.46. The summed E-state index contributed by atoms with van der Waals surface area (Å²) in [5.74, 6) is 1.02. The van der Waals surface area contributed by atoms with Gasteiger partial charge in [0.05, 0.1) is 6.04 Å². The summed E-state index contributed by atoms with van der Waals surface area (Å²) >= 11 is 0. The molecule has 0 saturated carbocycles. The highest BCUT2D eigenvalue weighted by Gasteiger charge is 2.25. The zero-order valence-electron chi connectivity index (χ0n) is 19.0. The topological polar surface area (TPSA) is 15.7 Å². The number of hydrogen-bond acceptors (Lipinski definition) is 3. The van der Waals surface area contributed by atoms with E-state index in [2.05, 4.69) is 79.1 Å². The Labute approximate surface area is 183 Å². The SMILES string of the molecule is Cc1ccc(C(c2ccc(OC3CCN(C(C)C)CC3)cc2)N2CCCCC2)cc1. The third-order valence-corrected chi connectivity index (χ3v) is 6.85. The lowest BCUT2D eigenvalue weighted by atomic mass is 9.94. The van der Waals surface area contributed by atoms with Crippen molar-refractivity contribution in [1.82, 2.24) is 9.80 Å². The van der Waals surface area contributed by atoms with Crippen LogP contribution in [0, 0.1) is 6.92 Å². The second-order valence-electron chi connectivity index (χ2n) is 9.43. The highest BCUT2D eigenvalue weighted by atomic mass is 16.5. The minimum Gasteiger partial charge on any atom is -0.490 e. The number of hydrogen-bond donors (Lipinski definition) is 0. The van der Waals surface area contributed by atoms with Crippen LogP contribution in [0.5, 0.6) is 5.75 Å². The fourth-order valence-corrected chi connectivity index (χ4v) is 4.97. The summed E-state index contributed by atoms with van der Waals surface area (Å²) in [5, 5.41) is 0. The van der Waals surface area contributed by atoms with Gasteiger partial charge in [0.25, 0.3) is 0 Å². The Hall–Kier alpha value is -1.84. The number of ether oxygens (including phenoxy) is 1. The van der Waals surface area contributed by atoms with Crippen LogP contribution >= 0.6 is 0 Å². The van der Waals surface area contributed by atoms with E-state index in [9.17, 15) is 0 Å². The number of benzene rings is 2. The molecule has 2 aromatic rings. The summed E-state index contributed by atoms with van der Waals surface area (Å²) in [6.45, 7) is 11.4. The lowest BCUT2D eigenvalue weighted by molar-refractivity contribution is 0.0843. The van der Waals surface area contributed by atoms with Gasteiger partial charge in [0.15, 0.2) is 0 Å². The molecule has 0 radical (unpaired) electrons. The summed E-state index contributed by atoms with van der Waals surface area (Å²) in [6, 6.07) is 19.0. The van der Waals surface area contributed by atoms with Gasteiger partial charge >= 0.3 is 0 Å². The van der Waals surface area contributed by atoms with Crippen molar-refractivity contribution in [2.24, 2.45) is 0 Å². The molecule has 2 fully saturated rings. The molecule has 3 nitrogen and oxygen atoms in total. The van der Waals surface area contributed by atoms with E-state index in [1.54, 1.807) is 0 Å². The van der Waals surface area contributed by atoms with Crippen molar-refractivity contribution in [3.05, 3.63) is 65.2 Å². The van der Waals surface area contributed by atoms with Crippen LogP contribution in [0.4, 0.5) is 0 Å². The van der Waals surface area contributed by atoms with Gasteiger partial charge in [-0.15, -0.1) is 0 Å². The van der Waals surface area contributed by atoms with Crippen molar-refractivity contribution in [2.75, 3.05) is 26.2 Å². The first-order valence-electron chi connectivity index (χ1n) is 11.9. The molecule has 2 aliphatic heterocycles. The summed E-state index contributed by atoms with van der Waals surface area (Å²) in [5.41, 5.74) is 4.10. The molecule has 0 bridgehead atoms. The molecule has 2 saturated heterocycles. The molecule has 162 valence electrons. The molecule has 3 heteroatoms. The van der Waals surface area contributed by atoms with Gasteiger partial charge in [-0.3, -0.25) is 4.90 Å². The molecule has 4 rings (SSSR count). The smallest absolute Gasteiger partial charge is 0.119 e. The van der Waals surface area contributed by atoms with Crippen LogP contribution in [-0.4, -0.2) is 48.1 Å². The highest BCUT2D eigenvalue weighted by Crippen LogP contribution is 2.32. The zero-order chi connectivity index (χ0) is 20.9. The van der Waals surface area contributed by atoms with Crippen molar-refractivity contribution in [3.63, 3.8) is 0 Å². The van der Waals surface area contributed by atoms with Crippen LogP contribution in [-0.2, 0) is 0 Å². The average Bonchev–Trinajstić information content (AvgIpc) is 2.78. The quantitative estimate of drug-likeness (QED) is 0.601. The Kier molecular flexibility index (Phi) is 7.12. The van der Waals surface area contributed by atoms with E-state index in [1.807, 2.05) is 0 Å². The van der Waals surface area contributed by atoms with Gasteiger partial charge in [0.1, 0.15) is 11.9 Å². The maximum Gasteiger partial charge on any atom is 0.119 e. The van der Waals surface area contributed by atoms with E-state index in [-0.39, 0.29) is 0 Å². The second-order valence-corrected chi connectivity index (χ2v) is 9.43. The van der Waals surface area contributed by atoms with Gasteiger partial charge in [-0.1, -0.05) is 48.4 Å². The molecule has 0 aliphatic carbocycles. The number of rotatable bonds is 6. The third kappa shape index (κ3) is 5.25. The number of piperidine rings is 2. The van der Waals surface area contributed by atoms with Crippen molar-refractivity contribution in [1.29, 1.82) is 0 Å². The van der Waals surface area contributed by atoms with Gasteiger partial charge in [0.2, 0.25) is 0 Å². The lowest BCUT2D eigenvalue weighted by Crippen LogP contribution is -2.41. The Morgan fingerprint density at radius 3 is 1.87 bits per heavy atom. The molecular formula is C27H38N2O. The highest BCUT2D eigenvalue weighted by molar-refractivity contribution is 5.36. The maximum atomic E-state index is 6.34. The first kappa shape index (κ1) is 21.4. The fourth-order valence-electron chi connectivity index (χ4n) is 4.97. The van der Waals surface area contributed by atoms with Crippen molar-refractivity contribution in [2.45, 2.75) is 71.1 Å². The van der Waals surface area contributed by atoms with Gasteiger partial charge in [-0.05, 0) is 82.8 Å². The molecule has 2 heterocycles. The second kappa shape index (κ2) is 9.98. The molecule has 30 heavy (non-hydrogen) atoms. The fraction of sp³-hybridized carbons (Fsp3) is 0.556. The normalized spacial score (nSPS) is 20.4. The summed E-state index contributed by atoms with van der Waals surface area (Å²) in [7, 11) is 0. The molecule has 0 amide bonds. The van der Waals surface area contributed by atoms with Gasteiger partial charge < -0.3 is 9.64 Å². The molecule has 1 atom stereocenters. The van der Waals surface area contributed by atoms with Gasteiger partial charge in [0, 0.05) is 19.1 Å². The zero-order valence-corrected chi connectivity index (χ0v) is 19.0. The van der Waals surface area contributed by atoms with Gasteiger partial charge in [-0.2, -0.15) is 0 Å². The third-order valence-electron chi connectivity index (χ3n) is 6.85. The van der Waals surface area contributed by atoms with E-state index in [4.69, 9.17) is 4.74 Å². The van der Waals surface area contributed by atoms with Crippen molar-refractivity contribution in [3.8, 4) is 5.75 Å². The van der Waals surface area contributed by atoms with Crippen LogP contribution in [0.2, 0.25) is 0 Å². The van der Waals surface area contributed by atoms with Crippen LogP contribution in [0.1, 0.15) is 68.7 Å². The molecular weight excluding hydrogens is 368 g/mol. The standard InChI is InChI=1S/C27H38N2O/c1-21(2)28-19-15-26(16-20-28)30-25-13-11-24(12-14-25)27(29-17-5-4-6-18-29)23-9-7-22(3)8-10-23/h7-14,21,26-27H,4-6,15-20H2,1-3H3. The van der Waals surface area contributed by atoms with Crippen LogP contribution in [0.15, 0.2) is 48.5 Å². The van der Waals surface area contributed by atoms with E-state index in [0.717, 1.165) is 31.7 Å². The summed E-state index contributed by atoms with van der Waals surface area (Å²) in [6.07, 6.45) is 6.57. The van der Waals surface area contributed by atoms with E-state index >= 15 is 0 Å². The Morgan fingerprint density at radius 2 is 1.30 bits per heavy atom. The lowest BCUT2D eigenvalue weighted by Gasteiger charge is -2.36. The van der Waals surface area contributed by atoms with E-state index in [1.165, 1.54) is 49.0 Å². The molecule has 0 N–H and O–H groups in total. The Bertz CT molecular complexity index is 770. The largest absolute Gasteiger partial charge is 0.490 e. The average molecular weight is 407 g/mol. The summed E-state index contributed by atoms with van der Waals surface area (Å²) in [4.78, 5) is 5.21. The molecule has 0 spiro atoms. The van der Waals surface area contributed by atoms with Crippen LogP contribution in [0.25, 0.3) is 0 Å². The predicted molar refractivity (Wildman–Crippen MR) is 125 cm³/mol. The monoisotopic (exact) mass is 406 g/mol. The van der Waals surface area contributed by atoms with Crippen molar-refractivity contribution >= 4 is 0 Å². The first-order chi connectivity index (χ1) is 14.6. The number of likely N-dealkylation sites (tertiary alicyclic amines) is 2. The first-order valence-corrected chi connectivity index (χ1v) is 11.9. The minimum atomic E-state index is 0.342. The molecule has 2 aliphatic rings. The van der Waals surface area contributed by atoms with E-state index < -0.39 is 0 Å². The predicted octanol–water partition coefficient (Wildman–Crippen LogP) is 5.82. The van der Waals surface area contributed by atoms with Crippen molar-refractivity contribution < 1.29 is 4.74 Å². The number of aryl methyl sites for hydroxylation is 1. The minimum absolute atomic E-state index is 0.342. The maximum absolute atomic E-state index is 6.34. The molecule has 1 unspecified atom stereocenters. The molecule has 0 aromatic heterocycles. The summed E-state index contributed by atoms with van der Waals surface area (Å²) < 4.78 is 6.34. The van der Waals surface area contributed by atoms with Crippen LogP contribution in [0.3, 0.4) is 0 Å². The number of nitrogens with zero attached hydrogens (tertiary/aromatic N) is 2. The van der Waals surface area contributed by atoms with Gasteiger partial charge in [-0.25, -0.2) is 0 Å². The Morgan fingerprint density at radius 1 is 0.733 bits per heavy atom. The van der Waals surface area contributed by atoms with Crippen LogP contribution < -0.4 is 4.74 Å². The molecule has 2 aromatic carbocycles. The van der Waals surface area contributed by atoms with E-state index in [0.29, 0.717) is 18.2 Å².